The molecule has 2 rings (SSSR count). The number of ether oxygens (including phenoxy) is 1. The zero-order valence-electron chi connectivity index (χ0n) is 10.3. The number of carboxylic acid groups (broad SMARTS) is 1. The number of rotatable bonds is 4. The van der Waals surface area contributed by atoms with Gasteiger partial charge in [-0.1, -0.05) is 0 Å². The summed E-state index contributed by atoms with van der Waals surface area (Å²) in [6.07, 6.45) is 2.38. The van der Waals surface area contributed by atoms with Crippen molar-refractivity contribution in [3.63, 3.8) is 0 Å². The van der Waals surface area contributed by atoms with E-state index in [-0.39, 0.29) is 6.10 Å². The van der Waals surface area contributed by atoms with Crippen molar-refractivity contribution >= 4 is 23.4 Å². The third-order valence-corrected chi connectivity index (χ3v) is 3.78. The van der Waals surface area contributed by atoms with Crippen LogP contribution in [0.5, 0.6) is 0 Å². The molecule has 1 aliphatic heterocycles. The molecule has 0 aromatic carbocycles. The monoisotopic (exact) mass is 278 g/mol. The number of carbonyl (C=O) groups is 1. The zero-order chi connectivity index (χ0) is 13.7. The summed E-state index contributed by atoms with van der Waals surface area (Å²) in [5.41, 5.74) is 0. The van der Waals surface area contributed by atoms with Crippen molar-refractivity contribution in [1.82, 2.24) is 4.90 Å². The average Bonchev–Trinajstić information content (AvgIpc) is 2.84. The van der Waals surface area contributed by atoms with Crippen LogP contribution in [0.25, 0.3) is 6.08 Å². The molecule has 0 bridgehead atoms. The summed E-state index contributed by atoms with van der Waals surface area (Å²) in [6, 6.07) is 6.01. The number of carboxylic acids is 1. The number of hydrogen-bond acceptors (Lipinski definition) is 5. The summed E-state index contributed by atoms with van der Waals surface area (Å²) in [7, 11) is 0. The molecule has 0 aliphatic carbocycles. The number of hydrogen-bond donors (Lipinski definition) is 1. The second-order valence-electron chi connectivity index (χ2n) is 4.20. The Morgan fingerprint density at radius 2 is 2.53 bits per heavy atom. The van der Waals surface area contributed by atoms with Gasteiger partial charge in [-0.05, 0) is 18.2 Å². The van der Waals surface area contributed by atoms with E-state index in [0.717, 1.165) is 28.9 Å². The zero-order valence-corrected chi connectivity index (χ0v) is 11.1. The fraction of sp³-hybridized carbons (Fsp3) is 0.385. The lowest BCUT2D eigenvalue weighted by Gasteiger charge is -2.29. The van der Waals surface area contributed by atoms with E-state index >= 15 is 0 Å². The lowest BCUT2D eigenvalue weighted by Crippen LogP contribution is -2.41. The van der Waals surface area contributed by atoms with E-state index in [1.54, 1.807) is 17.4 Å². The van der Waals surface area contributed by atoms with Gasteiger partial charge in [0.2, 0.25) is 0 Å². The molecule has 1 fully saturated rings. The van der Waals surface area contributed by atoms with Gasteiger partial charge in [-0.25, -0.2) is 4.79 Å². The van der Waals surface area contributed by atoms with Crippen LogP contribution in [0.15, 0.2) is 18.2 Å². The van der Waals surface area contributed by atoms with Gasteiger partial charge in [0, 0.05) is 35.5 Å². The fourth-order valence-electron chi connectivity index (χ4n) is 1.87. The summed E-state index contributed by atoms with van der Waals surface area (Å²) in [6.45, 7) is 2.79. The lowest BCUT2D eigenvalue weighted by atomic mass is 10.3. The van der Waals surface area contributed by atoms with Crippen LogP contribution in [-0.2, 0) is 16.1 Å². The summed E-state index contributed by atoms with van der Waals surface area (Å²) in [5.74, 6) is -0.944. The number of nitrogens with zero attached hydrogens (tertiary/aromatic N) is 2. The maximum absolute atomic E-state index is 10.4. The largest absolute Gasteiger partial charge is 0.478 e. The van der Waals surface area contributed by atoms with E-state index in [4.69, 9.17) is 15.1 Å². The van der Waals surface area contributed by atoms with Crippen molar-refractivity contribution in [3.8, 4) is 6.07 Å². The second-order valence-corrected chi connectivity index (χ2v) is 5.40. The van der Waals surface area contributed by atoms with E-state index in [0.29, 0.717) is 13.2 Å². The Hall–Kier alpha value is -1.68. The minimum Gasteiger partial charge on any atom is -0.478 e. The van der Waals surface area contributed by atoms with E-state index < -0.39 is 5.97 Å². The van der Waals surface area contributed by atoms with E-state index in [1.165, 1.54) is 0 Å². The molecule has 6 heteroatoms. The maximum Gasteiger partial charge on any atom is 0.328 e. The van der Waals surface area contributed by atoms with Crippen molar-refractivity contribution in [3.05, 3.63) is 28.0 Å². The first kappa shape index (κ1) is 13.7. The summed E-state index contributed by atoms with van der Waals surface area (Å²) >= 11 is 1.56. The Balaban J connectivity index is 1.93. The molecule has 1 unspecified atom stereocenters. The lowest BCUT2D eigenvalue weighted by molar-refractivity contribution is -0.131. The number of morpholine rings is 1. The molecule has 0 radical (unpaired) electrons. The molecule has 1 N–H and O–H groups in total. The first-order chi connectivity index (χ1) is 9.17. The molecular formula is C13H14N2O3S. The van der Waals surface area contributed by atoms with E-state index in [2.05, 4.69) is 11.0 Å². The quantitative estimate of drug-likeness (QED) is 0.846. The highest BCUT2D eigenvalue weighted by Crippen LogP contribution is 2.20. The number of aliphatic carboxylic acids is 1. The number of thiophene rings is 1. The van der Waals surface area contributed by atoms with Gasteiger partial charge >= 0.3 is 5.97 Å². The average molecular weight is 278 g/mol. The predicted molar refractivity (Wildman–Crippen MR) is 71.6 cm³/mol. The Morgan fingerprint density at radius 3 is 3.26 bits per heavy atom. The predicted octanol–water partition coefficient (Wildman–Crippen LogP) is 1.57. The van der Waals surface area contributed by atoms with Crippen molar-refractivity contribution in [1.29, 1.82) is 5.26 Å². The molecule has 19 heavy (non-hydrogen) atoms. The molecule has 5 nitrogen and oxygen atoms in total. The molecule has 0 amide bonds. The molecule has 1 aromatic heterocycles. The van der Waals surface area contributed by atoms with Crippen LogP contribution in [-0.4, -0.2) is 41.8 Å². The summed E-state index contributed by atoms with van der Waals surface area (Å²) in [5, 5.41) is 17.4. The van der Waals surface area contributed by atoms with E-state index in [1.807, 2.05) is 12.1 Å². The molecule has 2 heterocycles. The standard InChI is InChI=1S/C13H14N2O3S/c14-7-10-8-15(5-6-18-10)9-12-2-1-11(19-12)3-4-13(16)17/h1-4,10H,5-6,8-9H2,(H,16,17). The fourth-order valence-corrected chi connectivity index (χ4v) is 2.83. The first-order valence-electron chi connectivity index (χ1n) is 5.90. The third-order valence-electron chi connectivity index (χ3n) is 2.75. The second kappa shape index (κ2) is 6.48. The van der Waals surface area contributed by atoms with Crippen LogP contribution in [0.4, 0.5) is 0 Å². The van der Waals surface area contributed by atoms with Crippen LogP contribution in [0, 0.1) is 11.3 Å². The van der Waals surface area contributed by atoms with Gasteiger partial charge in [0.15, 0.2) is 6.10 Å². The smallest absolute Gasteiger partial charge is 0.328 e. The van der Waals surface area contributed by atoms with Gasteiger partial charge in [0.25, 0.3) is 0 Å². The molecule has 0 saturated carbocycles. The number of nitriles is 1. The van der Waals surface area contributed by atoms with Crippen LogP contribution in [0.3, 0.4) is 0 Å². The highest BCUT2D eigenvalue weighted by molar-refractivity contribution is 7.12. The SMILES string of the molecule is N#CC1CN(Cc2ccc(C=CC(=O)O)s2)CCO1. The van der Waals surface area contributed by atoms with Crippen LogP contribution < -0.4 is 0 Å². The van der Waals surface area contributed by atoms with Gasteiger partial charge in [-0.15, -0.1) is 11.3 Å². The van der Waals surface area contributed by atoms with Crippen molar-refractivity contribution < 1.29 is 14.6 Å². The highest BCUT2D eigenvalue weighted by Gasteiger charge is 2.20. The van der Waals surface area contributed by atoms with Gasteiger partial charge < -0.3 is 9.84 Å². The van der Waals surface area contributed by atoms with Gasteiger partial charge in [0.1, 0.15) is 0 Å². The van der Waals surface area contributed by atoms with Gasteiger partial charge in [-0.3, -0.25) is 4.90 Å². The summed E-state index contributed by atoms with van der Waals surface area (Å²) < 4.78 is 5.29. The highest BCUT2D eigenvalue weighted by atomic mass is 32.1. The van der Waals surface area contributed by atoms with Crippen molar-refractivity contribution in [2.24, 2.45) is 0 Å². The van der Waals surface area contributed by atoms with Crippen LogP contribution in [0.1, 0.15) is 9.75 Å². The molecule has 1 aromatic rings. The summed E-state index contributed by atoms with van der Waals surface area (Å²) in [4.78, 5) is 14.7. The van der Waals surface area contributed by atoms with E-state index in [9.17, 15) is 4.79 Å². The topological polar surface area (TPSA) is 73.6 Å². The van der Waals surface area contributed by atoms with Gasteiger partial charge in [0.05, 0.1) is 12.7 Å². The normalized spacial score (nSPS) is 20.5. The van der Waals surface area contributed by atoms with Crippen LogP contribution in [0.2, 0.25) is 0 Å². The molecule has 1 aliphatic rings. The molecule has 1 atom stereocenters. The Morgan fingerprint density at radius 1 is 1.68 bits per heavy atom. The Labute approximate surface area is 115 Å². The van der Waals surface area contributed by atoms with Gasteiger partial charge in [-0.2, -0.15) is 5.26 Å². The molecule has 100 valence electrons. The molecular weight excluding hydrogens is 264 g/mol. The molecule has 1 saturated heterocycles. The Bertz CT molecular complexity index is 518. The minimum absolute atomic E-state index is 0.347. The third kappa shape index (κ3) is 4.17. The van der Waals surface area contributed by atoms with Crippen molar-refractivity contribution in [2.75, 3.05) is 19.7 Å². The maximum atomic E-state index is 10.4. The Kier molecular flexibility index (Phi) is 4.68. The first-order valence-corrected chi connectivity index (χ1v) is 6.72. The minimum atomic E-state index is -0.944. The molecule has 0 spiro atoms. The van der Waals surface area contributed by atoms with Crippen LogP contribution >= 0.6 is 11.3 Å². The van der Waals surface area contributed by atoms with Crippen molar-refractivity contribution in [2.45, 2.75) is 12.6 Å².